The molecule has 0 radical (unpaired) electrons. The third kappa shape index (κ3) is 2.77. The Bertz CT molecular complexity index is 2220. The number of benzene rings is 7. The van der Waals surface area contributed by atoms with Crippen molar-refractivity contribution >= 4 is 43.2 Å². The molecule has 0 saturated heterocycles. The minimum absolute atomic E-state index is 0.0870. The van der Waals surface area contributed by atoms with Crippen LogP contribution in [0.4, 0.5) is 0 Å². The van der Waals surface area contributed by atoms with Crippen LogP contribution in [0.2, 0.25) is 0 Å². The fourth-order valence-corrected chi connectivity index (χ4v) is 7.49. The smallest absolute Gasteiger partial charge is 0.0584 e. The number of fused-ring (bicyclic) bond motifs is 5. The van der Waals surface area contributed by atoms with Gasteiger partial charge < -0.3 is 4.57 Å². The Hall–Kier alpha value is -4.88. The Labute approximate surface area is 233 Å². The van der Waals surface area contributed by atoms with Gasteiger partial charge in [0.1, 0.15) is 0 Å². The predicted molar refractivity (Wildman–Crippen MR) is 170 cm³/mol. The summed E-state index contributed by atoms with van der Waals surface area (Å²) in [6.07, 6.45) is 0. The minimum Gasteiger partial charge on any atom is -0.309 e. The topological polar surface area (TPSA) is 4.93 Å². The number of hydrogen-bond acceptors (Lipinski definition) is 0. The average Bonchev–Trinajstić information content (AvgIpc) is 3.46. The van der Waals surface area contributed by atoms with Crippen molar-refractivity contribution in [2.45, 2.75) is 19.3 Å². The summed E-state index contributed by atoms with van der Waals surface area (Å²) in [5.41, 5.74) is 10.4. The van der Waals surface area contributed by atoms with E-state index in [1.165, 1.54) is 82.4 Å². The molecule has 188 valence electrons. The van der Waals surface area contributed by atoms with Gasteiger partial charge in [-0.15, -0.1) is 0 Å². The SMILES string of the molecule is CC1(C)c2ccccc2-c2c1c1cc(-c3cc4ccc5cccc6ccc(c3)c4c56)ccc1n2-c1ccccc1. The van der Waals surface area contributed by atoms with Crippen molar-refractivity contribution in [3.05, 3.63) is 139 Å². The van der Waals surface area contributed by atoms with E-state index in [1.807, 2.05) is 0 Å². The molecule has 0 atom stereocenters. The van der Waals surface area contributed by atoms with Crippen LogP contribution in [-0.2, 0) is 5.41 Å². The molecule has 40 heavy (non-hydrogen) atoms. The van der Waals surface area contributed by atoms with Crippen LogP contribution in [0.1, 0.15) is 25.0 Å². The summed E-state index contributed by atoms with van der Waals surface area (Å²) in [7, 11) is 0. The van der Waals surface area contributed by atoms with E-state index in [9.17, 15) is 0 Å². The highest BCUT2D eigenvalue weighted by molar-refractivity contribution is 6.23. The van der Waals surface area contributed by atoms with E-state index in [-0.39, 0.29) is 5.41 Å². The normalized spacial score (nSPS) is 13.9. The summed E-state index contributed by atoms with van der Waals surface area (Å²) < 4.78 is 2.47. The molecule has 8 aromatic rings. The summed E-state index contributed by atoms with van der Waals surface area (Å²) in [6.45, 7) is 4.76. The van der Waals surface area contributed by atoms with Crippen LogP contribution in [0.15, 0.2) is 127 Å². The molecule has 1 aliphatic carbocycles. The minimum atomic E-state index is -0.0870. The lowest BCUT2D eigenvalue weighted by Crippen LogP contribution is -2.14. The summed E-state index contributed by atoms with van der Waals surface area (Å²) in [5, 5.41) is 9.30. The number of para-hydroxylation sites is 1. The monoisotopic (exact) mass is 509 g/mol. The molecule has 0 fully saturated rings. The van der Waals surface area contributed by atoms with Crippen LogP contribution in [0.3, 0.4) is 0 Å². The Morgan fingerprint density at radius 3 is 1.93 bits per heavy atom. The molecule has 0 unspecified atom stereocenters. The standard InChI is InChI=1S/C39H27N/c1-39(2)33-14-7-6-13-31(33)38-37(39)32-23-26(19-20-34(32)40(38)30-11-4-3-5-12-30)29-21-27-17-15-24-9-8-10-25-16-18-28(22-29)36(27)35(24)25/h3-23H,1-2H3. The molecule has 0 N–H and O–H groups in total. The van der Waals surface area contributed by atoms with Gasteiger partial charge in [0.05, 0.1) is 11.2 Å². The molecule has 9 rings (SSSR count). The van der Waals surface area contributed by atoms with Crippen LogP contribution in [-0.4, -0.2) is 4.57 Å². The maximum Gasteiger partial charge on any atom is 0.0584 e. The zero-order valence-corrected chi connectivity index (χ0v) is 22.6. The van der Waals surface area contributed by atoms with Crippen LogP contribution in [0, 0.1) is 0 Å². The number of nitrogens with zero attached hydrogens (tertiary/aromatic N) is 1. The van der Waals surface area contributed by atoms with Crippen molar-refractivity contribution in [2.24, 2.45) is 0 Å². The van der Waals surface area contributed by atoms with Gasteiger partial charge in [-0.25, -0.2) is 0 Å². The van der Waals surface area contributed by atoms with Crippen molar-refractivity contribution in [2.75, 3.05) is 0 Å². The number of hydrogen-bond donors (Lipinski definition) is 0. The third-order valence-corrected chi connectivity index (χ3v) is 9.26. The number of aromatic nitrogens is 1. The molecule has 0 aliphatic heterocycles. The second kappa shape index (κ2) is 7.61. The van der Waals surface area contributed by atoms with E-state index < -0.39 is 0 Å². The molecule has 1 aromatic heterocycles. The van der Waals surface area contributed by atoms with Crippen LogP contribution >= 0.6 is 0 Å². The van der Waals surface area contributed by atoms with Crippen molar-refractivity contribution in [3.63, 3.8) is 0 Å². The fourth-order valence-electron chi connectivity index (χ4n) is 7.49. The van der Waals surface area contributed by atoms with Gasteiger partial charge in [-0.3, -0.25) is 0 Å². The van der Waals surface area contributed by atoms with E-state index in [4.69, 9.17) is 0 Å². The zero-order valence-electron chi connectivity index (χ0n) is 22.6. The predicted octanol–water partition coefficient (Wildman–Crippen LogP) is 10.5. The molecular weight excluding hydrogens is 482 g/mol. The molecule has 1 aliphatic rings. The van der Waals surface area contributed by atoms with Gasteiger partial charge in [0.15, 0.2) is 0 Å². The van der Waals surface area contributed by atoms with Gasteiger partial charge in [-0.2, -0.15) is 0 Å². The van der Waals surface area contributed by atoms with Crippen molar-refractivity contribution < 1.29 is 0 Å². The maximum atomic E-state index is 2.47. The molecule has 1 nitrogen and oxygen atoms in total. The van der Waals surface area contributed by atoms with Crippen LogP contribution < -0.4 is 0 Å². The van der Waals surface area contributed by atoms with Crippen molar-refractivity contribution in [1.82, 2.24) is 4.57 Å². The van der Waals surface area contributed by atoms with Crippen molar-refractivity contribution in [3.8, 4) is 28.1 Å². The maximum absolute atomic E-state index is 2.47. The third-order valence-electron chi connectivity index (χ3n) is 9.26. The first-order valence-corrected chi connectivity index (χ1v) is 14.1. The zero-order chi connectivity index (χ0) is 26.6. The number of rotatable bonds is 2. The first-order chi connectivity index (χ1) is 19.6. The second-order valence-electron chi connectivity index (χ2n) is 11.8. The highest BCUT2D eigenvalue weighted by atomic mass is 15.0. The van der Waals surface area contributed by atoms with Gasteiger partial charge in [-0.1, -0.05) is 105 Å². The average molecular weight is 510 g/mol. The molecule has 1 heterocycles. The van der Waals surface area contributed by atoms with Crippen LogP contribution in [0.5, 0.6) is 0 Å². The lowest BCUT2D eigenvalue weighted by Gasteiger charge is -2.21. The summed E-state index contributed by atoms with van der Waals surface area (Å²) in [6, 6.07) is 47.3. The Kier molecular flexibility index (Phi) is 4.18. The van der Waals surface area contributed by atoms with Gasteiger partial charge >= 0.3 is 0 Å². The molecule has 0 bridgehead atoms. The van der Waals surface area contributed by atoms with E-state index in [2.05, 4.69) is 146 Å². The Balaban J connectivity index is 1.34. The van der Waals surface area contributed by atoms with E-state index in [1.54, 1.807) is 0 Å². The lowest BCUT2D eigenvalue weighted by molar-refractivity contribution is 0.666. The van der Waals surface area contributed by atoms with Gasteiger partial charge in [-0.05, 0) is 91.0 Å². The fraction of sp³-hybridized carbons (Fsp3) is 0.0769. The van der Waals surface area contributed by atoms with Gasteiger partial charge in [0.2, 0.25) is 0 Å². The summed E-state index contributed by atoms with van der Waals surface area (Å²) in [4.78, 5) is 0. The quantitative estimate of drug-likeness (QED) is 0.204. The molecular formula is C39H27N. The van der Waals surface area contributed by atoms with Crippen molar-refractivity contribution in [1.29, 1.82) is 0 Å². The van der Waals surface area contributed by atoms with Gasteiger partial charge in [0, 0.05) is 22.1 Å². The largest absolute Gasteiger partial charge is 0.309 e. The molecule has 0 amide bonds. The first kappa shape index (κ1) is 22.0. The Morgan fingerprint density at radius 1 is 0.525 bits per heavy atom. The van der Waals surface area contributed by atoms with E-state index >= 15 is 0 Å². The molecule has 1 heteroatoms. The lowest BCUT2D eigenvalue weighted by atomic mass is 9.81. The second-order valence-corrected chi connectivity index (χ2v) is 11.8. The molecule has 7 aromatic carbocycles. The summed E-state index contributed by atoms with van der Waals surface area (Å²) >= 11 is 0. The van der Waals surface area contributed by atoms with E-state index in [0.29, 0.717) is 0 Å². The summed E-state index contributed by atoms with van der Waals surface area (Å²) in [5.74, 6) is 0. The first-order valence-electron chi connectivity index (χ1n) is 14.1. The van der Waals surface area contributed by atoms with E-state index in [0.717, 1.165) is 0 Å². The molecule has 0 saturated carbocycles. The Morgan fingerprint density at radius 2 is 1.18 bits per heavy atom. The highest BCUT2D eigenvalue weighted by Gasteiger charge is 2.40. The highest BCUT2D eigenvalue weighted by Crippen LogP contribution is 2.54. The van der Waals surface area contributed by atoms with Crippen LogP contribution in [0.25, 0.3) is 71.3 Å². The van der Waals surface area contributed by atoms with Gasteiger partial charge in [0.25, 0.3) is 0 Å². The molecule has 0 spiro atoms.